The second-order valence-electron chi connectivity index (χ2n) is 1.74. The smallest absolute Gasteiger partial charge is 0.203 e. The zero-order chi connectivity index (χ0) is 6.99. The van der Waals surface area contributed by atoms with Crippen molar-refractivity contribution in [3.63, 3.8) is 0 Å². The van der Waals surface area contributed by atoms with E-state index in [-0.39, 0.29) is 0 Å². The zero-order valence-electron chi connectivity index (χ0n) is 6.14. The minimum absolute atomic E-state index is 0.772. The third-order valence-electron chi connectivity index (χ3n) is 0.167. The highest BCUT2D eigenvalue weighted by Gasteiger charge is 1.58. The Morgan fingerprint density at radius 1 is 1.50 bits per heavy atom. The minimum Gasteiger partial charge on any atom is -0.559 e. The minimum atomic E-state index is 0.772. The first-order valence-corrected chi connectivity index (χ1v) is 3.21. The second-order valence-corrected chi connectivity index (χ2v) is 2.22. The van der Waals surface area contributed by atoms with E-state index in [1.54, 1.807) is 0 Å². The summed E-state index contributed by atoms with van der Waals surface area (Å²) in [6, 6.07) is 0. The highest BCUT2D eigenvalue weighted by atomic mass is 28.2. The maximum absolute atomic E-state index is 4.44. The molecule has 0 unspecified atom stereocenters. The zero-order valence-corrected chi connectivity index (χ0v) is 8.14. The Balaban J connectivity index is 0. The van der Waals surface area contributed by atoms with Crippen LogP contribution in [0.1, 0.15) is 0 Å². The summed E-state index contributed by atoms with van der Waals surface area (Å²) in [6.45, 7) is 3.29. The van der Waals surface area contributed by atoms with Gasteiger partial charge in [0.05, 0.1) is 6.26 Å². The van der Waals surface area contributed by atoms with Crippen molar-refractivity contribution in [2.45, 2.75) is 0 Å². The fraction of sp³-hybridized carbons (Fsp3) is 0.600. The number of hydrogen-bond acceptors (Lipinski definition) is 2. The third kappa shape index (κ3) is 247. The van der Waals surface area contributed by atoms with Crippen LogP contribution >= 0.6 is 0 Å². The van der Waals surface area contributed by atoms with Crippen LogP contribution in [0.5, 0.6) is 0 Å². The summed E-state index contributed by atoms with van der Waals surface area (Å²) in [5.41, 5.74) is 0. The standard InChI is InChI=1S/C3H9N.C2H6OSi/c1-4(2)3;1-2-3-4/h1-3H3;2H,1H2,4H3. The summed E-state index contributed by atoms with van der Waals surface area (Å²) >= 11 is 0. The fourth-order valence-corrected chi connectivity index (χ4v) is 0. The molecule has 0 heterocycles. The number of rotatable bonds is 1. The quantitative estimate of drug-likeness (QED) is 0.357. The van der Waals surface area contributed by atoms with Crippen molar-refractivity contribution in [2.75, 3.05) is 21.1 Å². The molecule has 0 aliphatic carbocycles. The summed E-state index contributed by atoms with van der Waals surface area (Å²) in [5.74, 6) is 0. The van der Waals surface area contributed by atoms with Gasteiger partial charge in [-0.05, 0) is 21.1 Å². The molecule has 0 bridgehead atoms. The van der Waals surface area contributed by atoms with Crippen molar-refractivity contribution in [1.29, 1.82) is 0 Å². The van der Waals surface area contributed by atoms with E-state index in [2.05, 4.69) is 11.0 Å². The third-order valence-corrected chi connectivity index (χ3v) is 0.500. The van der Waals surface area contributed by atoms with Gasteiger partial charge < -0.3 is 9.33 Å². The molecular weight excluding hydrogens is 118 g/mol. The summed E-state index contributed by atoms with van der Waals surface area (Å²) in [6.07, 6.45) is 1.44. The molecule has 0 saturated carbocycles. The maximum atomic E-state index is 4.44. The molecule has 0 aromatic rings. The van der Waals surface area contributed by atoms with Crippen molar-refractivity contribution in [1.82, 2.24) is 4.90 Å². The van der Waals surface area contributed by atoms with Crippen molar-refractivity contribution >= 4 is 10.5 Å². The van der Waals surface area contributed by atoms with Crippen LogP contribution in [0.25, 0.3) is 0 Å². The molecular formula is C5H15NOSi. The van der Waals surface area contributed by atoms with Crippen LogP contribution in [0, 0.1) is 0 Å². The first kappa shape index (κ1) is 10.7. The van der Waals surface area contributed by atoms with Gasteiger partial charge in [-0.25, -0.2) is 0 Å². The van der Waals surface area contributed by atoms with Gasteiger partial charge in [-0.3, -0.25) is 0 Å². The number of hydrogen-bond donors (Lipinski definition) is 0. The normalized spacial score (nSPS) is 7.50. The van der Waals surface area contributed by atoms with E-state index in [0.717, 1.165) is 10.5 Å². The van der Waals surface area contributed by atoms with Gasteiger partial charge in [-0.15, -0.1) is 0 Å². The molecule has 0 amide bonds. The monoisotopic (exact) mass is 133 g/mol. The molecule has 0 N–H and O–H groups in total. The molecule has 8 heavy (non-hydrogen) atoms. The molecule has 0 spiro atoms. The van der Waals surface area contributed by atoms with Crippen LogP contribution in [0.3, 0.4) is 0 Å². The lowest BCUT2D eigenvalue weighted by Gasteiger charge is -1.90. The van der Waals surface area contributed by atoms with E-state index in [1.165, 1.54) is 6.26 Å². The van der Waals surface area contributed by atoms with Gasteiger partial charge in [0.2, 0.25) is 10.5 Å². The van der Waals surface area contributed by atoms with E-state index in [0.29, 0.717) is 0 Å². The molecule has 0 radical (unpaired) electrons. The van der Waals surface area contributed by atoms with Crippen LogP contribution in [0.15, 0.2) is 12.8 Å². The van der Waals surface area contributed by atoms with Gasteiger partial charge >= 0.3 is 0 Å². The summed E-state index contributed by atoms with van der Waals surface area (Å²) in [4.78, 5) is 2.00. The Morgan fingerprint density at radius 2 is 1.62 bits per heavy atom. The molecule has 0 atom stereocenters. The predicted octanol–water partition coefficient (Wildman–Crippen LogP) is -0.395. The van der Waals surface area contributed by atoms with E-state index in [1.807, 2.05) is 26.0 Å². The molecule has 0 rings (SSSR count). The van der Waals surface area contributed by atoms with Crippen LogP contribution in [0.2, 0.25) is 0 Å². The molecule has 2 nitrogen and oxygen atoms in total. The van der Waals surface area contributed by atoms with Gasteiger partial charge in [0.1, 0.15) is 0 Å². The molecule has 0 aliphatic heterocycles. The highest BCUT2D eigenvalue weighted by Crippen LogP contribution is 1.50. The van der Waals surface area contributed by atoms with Gasteiger partial charge in [0.25, 0.3) is 0 Å². The molecule has 3 heteroatoms. The van der Waals surface area contributed by atoms with Gasteiger partial charge in [0.15, 0.2) is 0 Å². The largest absolute Gasteiger partial charge is 0.559 e. The van der Waals surface area contributed by atoms with Crippen LogP contribution in [-0.2, 0) is 4.43 Å². The van der Waals surface area contributed by atoms with Crippen molar-refractivity contribution in [3.8, 4) is 0 Å². The molecule has 0 saturated heterocycles. The summed E-state index contributed by atoms with van der Waals surface area (Å²) in [5, 5.41) is 0. The Hall–Kier alpha value is -0.283. The maximum Gasteiger partial charge on any atom is 0.203 e. The second kappa shape index (κ2) is 9.87. The first-order valence-electron chi connectivity index (χ1n) is 2.39. The van der Waals surface area contributed by atoms with E-state index in [4.69, 9.17) is 0 Å². The van der Waals surface area contributed by atoms with Crippen molar-refractivity contribution in [2.24, 2.45) is 0 Å². The number of nitrogens with zero attached hydrogens (tertiary/aromatic N) is 1. The fourth-order valence-electron chi connectivity index (χ4n) is 0. The van der Waals surface area contributed by atoms with E-state index in [9.17, 15) is 0 Å². The Bertz CT molecular complexity index is 44.9. The Morgan fingerprint density at radius 3 is 1.62 bits per heavy atom. The van der Waals surface area contributed by atoms with Gasteiger partial charge in [-0.1, -0.05) is 6.58 Å². The van der Waals surface area contributed by atoms with Gasteiger partial charge in [-0.2, -0.15) is 0 Å². The Labute approximate surface area is 54.7 Å². The molecule has 50 valence electrons. The first-order chi connectivity index (χ1) is 3.65. The van der Waals surface area contributed by atoms with E-state index < -0.39 is 0 Å². The average molecular weight is 133 g/mol. The summed E-state index contributed by atoms with van der Waals surface area (Å²) < 4.78 is 4.44. The van der Waals surface area contributed by atoms with Crippen LogP contribution in [0.4, 0.5) is 0 Å². The lowest BCUT2D eigenvalue weighted by molar-refractivity contribution is 0.505. The predicted molar refractivity (Wildman–Crippen MR) is 40.8 cm³/mol. The Kier molecular flexibility index (Phi) is 13.1. The molecule has 0 aromatic heterocycles. The van der Waals surface area contributed by atoms with E-state index >= 15 is 0 Å². The van der Waals surface area contributed by atoms with Gasteiger partial charge in [0, 0.05) is 0 Å². The molecule has 0 aromatic carbocycles. The van der Waals surface area contributed by atoms with Crippen molar-refractivity contribution < 1.29 is 4.43 Å². The highest BCUT2D eigenvalue weighted by molar-refractivity contribution is 5.98. The van der Waals surface area contributed by atoms with Crippen LogP contribution in [-0.4, -0.2) is 36.5 Å². The SMILES string of the molecule is C=CO[SiH3].CN(C)C. The average Bonchev–Trinajstić information content (AvgIpc) is 1.65. The lowest BCUT2D eigenvalue weighted by Crippen LogP contribution is -1.99. The molecule has 0 fully saturated rings. The van der Waals surface area contributed by atoms with Crippen molar-refractivity contribution in [3.05, 3.63) is 12.8 Å². The lowest BCUT2D eigenvalue weighted by atomic mass is 11.0. The topological polar surface area (TPSA) is 12.5 Å². The molecule has 0 aliphatic rings. The summed E-state index contributed by atoms with van der Waals surface area (Å²) in [7, 11) is 6.77. The van der Waals surface area contributed by atoms with Crippen LogP contribution < -0.4 is 0 Å².